The van der Waals surface area contributed by atoms with Crippen molar-refractivity contribution in [2.45, 2.75) is 13.5 Å². The molecule has 0 aliphatic carbocycles. The number of nitrogens with one attached hydrogen (secondary N) is 2. The molecule has 0 saturated carbocycles. The van der Waals surface area contributed by atoms with Crippen molar-refractivity contribution in [3.8, 4) is 11.1 Å². The van der Waals surface area contributed by atoms with Crippen LogP contribution in [0, 0.1) is 0 Å². The summed E-state index contributed by atoms with van der Waals surface area (Å²) >= 11 is 0. The molecule has 1 aromatic heterocycles. The molecule has 0 aliphatic rings. The predicted octanol–water partition coefficient (Wildman–Crippen LogP) is 1.69. The van der Waals surface area contributed by atoms with Gasteiger partial charge in [-0.25, -0.2) is 4.79 Å². The Kier molecular flexibility index (Phi) is 6.13. The summed E-state index contributed by atoms with van der Waals surface area (Å²) in [6.45, 7) is 2.16. The van der Waals surface area contributed by atoms with Crippen LogP contribution in [0.5, 0.6) is 0 Å². The molecule has 2 aromatic rings. The first-order chi connectivity index (χ1) is 11.6. The third-order valence-corrected chi connectivity index (χ3v) is 3.24. The summed E-state index contributed by atoms with van der Waals surface area (Å²) in [6.07, 6.45) is 3.28. The molecule has 0 saturated heterocycles. The van der Waals surface area contributed by atoms with Crippen molar-refractivity contribution < 1.29 is 14.3 Å². The standard InChI is InChI=1S/C17H20N4O3/c1-2-24-16(22)11-21-17(23)20-9-12-4-3-5-13(8-12)14-6-7-19-10-15(14)18/h3-8,10H,2,9,11,18H2,1H3,(H2,20,21,23). The van der Waals surface area contributed by atoms with Gasteiger partial charge in [0.1, 0.15) is 6.54 Å². The van der Waals surface area contributed by atoms with Crippen molar-refractivity contribution in [3.63, 3.8) is 0 Å². The summed E-state index contributed by atoms with van der Waals surface area (Å²) < 4.78 is 4.73. The fraction of sp³-hybridized carbons (Fsp3) is 0.235. The second-order valence-corrected chi connectivity index (χ2v) is 5.00. The van der Waals surface area contributed by atoms with Crippen molar-refractivity contribution in [1.29, 1.82) is 0 Å². The Balaban J connectivity index is 1.92. The first-order valence-corrected chi connectivity index (χ1v) is 7.56. The number of urea groups is 1. The average molecular weight is 328 g/mol. The van der Waals surface area contributed by atoms with Crippen molar-refractivity contribution in [2.75, 3.05) is 18.9 Å². The Morgan fingerprint density at radius 2 is 2.08 bits per heavy atom. The van der Waals surface area contributed by atoms with Gasteiger partial charge < -0.3 is 21.1 Å². The Morgan fingerprint density at radius 3 is 2.83 bits per heavy atom. The molecule has 7 nitrogen and oxygen atoms in total. The minimum absolute atomic E-state index is 0.159. The largest absolute Gasteiger partial charge is 0.465 e. The lowest BCUT2D eigenvalue weighted by Crippen LogP contribution is -2.38. The van der Waals surface area contributed by atoms with E-state index in [1.165, 1.54) is 0 Å². The molecule has 24 heavy (non-hydrogen) atoms. The van der Waals surface area contributed by atoms with Gasteiger partial charge in [-0.1, -0.05) is 18.2 Å². The number of nitrogens with zero attached hydrogens (tertiary/aromatic N) is 1. The Bertz CT molecular complexity index is 718. The minimum Gasteiger partial charge on any atom is -0.465 e. The number of carbonyl (C=O) groups is 2. The van der Waals surface area contributed by atoms with E-state index in [1.807, 2.05) is 30.3 Å². The quantitative estimate of drug-likeness (QED) is 0.700. The molecule has 0 atom stereocenters. The van der Waals surface area contributed by atoms with E-state index >= 15 is 0 Å². The molecule has 0 fully saturated rings. The highest BCUT2D eigenvalue weighted by Crippen LogP contribution is 2.25. The van der Waals surface area contributed by atoms with Gasteiger partial charge in [0.15, 0.2) is 0 Å². The first kappa shape index (κ1) is 17.3. The highest BCUT2D eigenvalue weighted by atomic mass is 16.5. The number of amides is 2. The molecule has 0 radical (unpaired) electrons. The van der Waals surface area contributed by atoms with Gasteiger partial charge in [0.25, 0.3) is 0 Å². The molecule has 126 valence electrons. The van der Waals surface area contributed by atoms with Crippen LogP contribution in [0.4, 0.5) is 10.5 Å². The van der Waals surface area contributed by atoms with Gasteiger partial charge in [0.05, 0.1) is 18.5 Å². The van der Waals surface area contributed by atoms with Crippen LogP contribution >= 0.6 is 0 Å². The zero-order valence-corrected chi connectivity index (χ0v) is 13.4. The van der Waals surface area contributed by atoms with Crippen LogP contribution in [0.3, 0.4) is 0 Å². The number of hydrogen-bond donors (Lipinski definition) is 3. The number of aromatic nitrogens is 1. The van der Waals surface area contributed by atoms with E-state index in [2.05, 4.69) is 15.6 Å². The predicted molar refractivity (Wildman–Crippen MR) is 91.0 cm³/mol. The van der Waals surface area contributed by atoms with E-state index in [9.17, 15) is 9.59 Å². The van der Waals surface area contributed by atoms with Crippen molar-refractivity contribution in [3.05, 3.63) is 48.3 Å². The molecular formula is C17H20N4O3. The van der Waals surface area contributed by atoms with Crippen molar-refractivity contribution in [1.82, 2.24) is 15.6 Å². The smallest absolute Gasteiger partial charge is 0.325 e. The number of carbonyl (C=O) groups excluding carboxylic acids is 2. The first-order valence-electron chi connectivity index (χ1n) is 7.56. The summed E-state index contributed by atoms with van der Waals surface area (Å²) in [5, 5.41) is 5.13. The van der Waals surface area contributed by atoms with Crippen molar-refractivity contribution >= 4 is 17.7 Å². The molecule has 0 bridgehead atoms. The normalized spacial score (nSPS) is 10.0. The van der Waals surface area contributed by atoms with Crippen molar-refractivity contribution in [2.24, 2.45) is 0 Å². The lowest BCUT2D eigenvalue weighted by molar-refractivity contribution is -0.141. The van der Waals surface area contributed by atoms with Crippen LogP contribution in [0.25, 0.3) is 11.1 Å². The Morgan fingerprint density at radius 1 is 1.25 bits per heavy atom. The van der Waals surface area contributed by atoms with E-state index in [4.69, 9.17) is 10.5 Å². The molecule has 1 aromatic carbocycles. The van der Waals surface area contributed by atoms with E-state index in [0.29, 0.717) is 12.2 Å². The number of ether oxygens (including phenoxy) is 1. The number of hydrogen-bond acceptors (Lipinski definition) is 5. The summed E-state index contributed by atoms with van der Waals surface area (Å²) in [4.78, 5) is 26.8. The molecule has 0 spiro atoms. The minimum atomic E-state index is -0.470. The third-order valence-electron chi connectivity index (χ3n) is 3.24. The zero-order chi connectivity index (χ0) is 17.4. The SMILES string of the molecule is CCOC(=O)CNC(=O)NCc1cccc(-c2ccncc2N)c1. The average Bonchev–Trinajstić information content (AvgIpc) is 2.59. The maximum Gasteiger partial charge on any atom is 0.325 e. The number of anilines is 1. The Labute approximate surface area is 140 Å². The van der Waals surface area contributed by atoms with Crippen LogP contribution in [-0.2, 0) is 16.1 Å². The fourth-order valence-corrected chi connectivity index (χ4v) is 2.13. The molecule has 2 rings (SSSR count). The van der Waals surface area contributed by atoms with E-state index in [1.54, 1.807) is 19.3 Å². The van der Waals surface area contributed by atoms with Crippen LogP contribution in [0.1, 0.15) is 12.5 Å². The summed E-state index contributed by atoms with van der Waals surface area (Å²) in [5.74, 6) is -0.470. The zero-order valence-electron chi connectivity index (χ0n) is 13.4. The van der Waals surface area contributed by atoms with Gasteiger partial charge in [-0.3, -0.25) is 9.78 Å². The molecule has 1 heterocycles. The Hall–Kier alpha value is -3.09. The van der Waals surface area contributed by atoms with Gasteiger partial charge >= 0.3 is 12.0 Å². The maximum absolute atomic E-state index is 11.7. The summed E-state index contributed by atoms with van der Waals surface area (Å²) in [6, 6.07) is 9.08. The van der Waals surface area contributed by atoms with E-state index in [-0.39, 0.29) is 13.2 Å². The van der Waals surface area contributed by atoms with Crippen LogP contribution in [0.2, 0.25) is 0 Å². The van der Waals surface area contributed by atoms with Crippen LogP contribution in [-0.4, -0.2) is 30.1 Å². The fourth-order valence-electron chi connectivity index (χ4n) is 2.13. The second-order valence-electron chi connectivity index (χ2n) is 5.00. The third kappa shape index (κ3) is 4.98. The summed E-state index contributed by atoms with van der Waals surface area (Å²) in [5.41, 5.74) is 9.27. The number of benzene rings is 1. The van der Waals surface area contributed by atoms with E-state index < -0.39 is 12.0 Å². The van der Waals surface area contributed by atoms with Gasteiger partial charge in [-0.15, -0.1) is 0 Å². The lowest BCUT2D eigenvalue weighted by Gasteiger charge is -2.09. The number of pyridine rings is 1. The second kappa shape index (κ2) is 8.52. The monoisotopic (exact) mass is 328 g/mol. The molecule has 7 heteroatoms. The van der Waals surface area contributed by atoms with E-state index in [0.717, 1.165) is 16.7 Å². The van der Waals surface area contributed by atoms with Crippen LogP contribution in [0.15, 0.2) is 42.7 Å². The molecule has 0 aliphatic heterocycles. The number of nitrogens with two attached hydrogens (primary N) is 1. The highest BCUT2D eigenvalue weighted by molar-refractivity contribution is 5.80. The molecule has 4 N–H and O–H groups in total. The number of rotatable bonds is 6. The topological polar surface area (TPSA) is 106 Å². The summed E-state index contributed by atoms with van der Waals surface area (Å²) in [7, 11) is 0. The lowest BCUT2D eigenvalue weighted by atomic mass is 10.0. The van der Waals surface area contributed by atoms with Gasteiger partial charge in [0.2, 0.25) is 0 Å². The van der Waals surface area contributed by atoms with Gasteiger partial charge in [0, 0.05) is 18.3 Å². The molecule has 2 amide bonds. The molecule has 0 unspecified atom stereocenters. The number of esters is 1. The highest BCUT2D eigenvalue weighted by Gasteiger charge is 2.07. The van der Waals surface area contributed by atoms with Gasteiger partial charge in [-0.2, -0.15) is 0 Å². The maximum atomic E-state index is 11.7. The molecular weight excluding hydrogens is 308 g/mol. The number of nitrogen functional groups attached to an aromatic ring is 1. The van der Waals surface area contributed by atoms with Crippen LogP contribution < -0.4 is 16.4 Å². The van der Waals surface area contributed by atoms with Gasteiger partial charge in [-0.05, 0) is 30.2 Å².